The van der Waals surface area contributed by atoms with Crippen molar-refractivity contribution in [2.45, 2.75) is 6.55 Å². The Labute approximate surface area is 90.3 Å². The number of quaternary nitrogens is 2. The van der Waals surface area contributed by atoms with Gasteiger partial charge in [-0.1, -0.05) is 0 Å². The summed E-state index contributed by atoms with van der Waals surface area (Å²) in [7, 11) is 4.98. The van der Waals surface area contributed by atoms with E-state index in [0.29, 0.717) is 8.85 Å². The SMILES string of the molecule is C[N+]1(C)C[Si-]2(C)(OC=N1)OC=N[N+]2(C)C. The molecule has 86 valence electrons. The van der Waals surface area contributed by atoms with Gasteiger partial charge in [0.05, 0.1) is 0 Å². The second kappa shape index (κ2) is 2.42. The average Bonchev–Trinajstić information content (AvgIpc) is 2.20. The van der Waals surface area contributed by atoms with Crippen molar-refractivity contribution in [3.05, 3.63) is 0 Å². The van der Waals surface area contributed by atoms with Crippen LogP contribution in [0.2, 0.25) is 6.55 Å². The fourth-order valence-corrected chi connectivity index (χ4v) is 6.03. The Morgan fingerprint density at radius 3 is 2.07 bits per heavy atom. The zero-order valence-corrected chi connectivity index (χ0v) is 11.0. The van der Waals surface area contributed by atoms with Gasteiger partial charge in [0.2, 0.25) is 0 Å². The first-order chi connectivity index (χ1) is 6.68. The standard InChI is InChI=1S/C8H19N4O2Si/c1-11(2)8-15(5,13-6-9-11)12(3,4)10-7-14-15/h6-7H,8H2,1-5H3/q+1. The van der Waals surface area contributed by atoms with Crippen molar-refractivity contribution in [2.24, 2.45) is 10.2 Å². The van der Waals surface area contributed by atoms with Gasteiger partial charge in [-0.3, -0.25) is 0 Å². The fraction of sp³-hybridized carbons (Fsp3) is 0.750. The minimum atomic E-state index is -3.10. The Balaban J connectivity index is 2.48. The molecular formula is C8H19N4O2Si+. The van der Waals surface area contributed by atoms with Gasteiger partial charge in [-0.25, -0.2) is 0 Å². The van der Waals surface area contributed by atoms with E-state index < -0.39 is 8.00 Å². The molecule has 0 aliphatic carbocycles. The molecule has 0 aromatic rings. The molecule has 2 aliphatic rings. The monoisotopic (exact) mass is 231 g/mol. The summed E-state index contributed by atoms with van der Waals surface area (Å²) < 4.78 is 12.6. The van der Waals surface area contributed by atoms with E-state index in [-0.39, 0.29) is 0 Å². The van der Waals surface area contributed by atoms with Gasteiger partial charge in [-0.05, 0) is 0 Å². The molecule has 0 N–H and O–H groups in total. The third-order valence-corrected chi connectivity index (χ3v) is 9.32. The van der Waals surface area contributed by atoms with E-state index in [1.165, 1.54) is 12.8 Å². The molecule has 2 aliphatic heterocycles. The molecule has 0 aromatic carbocycles. The second-order valence-corrected chi connectivity index (χ2v) is 10.8. The van der Waals surface area contributed by atoms with Crippen molar-refractivity contribution in [1.29, 1.82) is 0 Å². The van der Waals surface area contributed by atoms with E-state index in [2.05, 4.69) is 16.7 Å². The molecule has 1 spiro atoms. The van der Waals surface area contributed by atoms with Crippen molar-refractivity contribution in [3.8, 4) is 0 Å². The molecule has 15 heavy (non-hydrogen) atoms. The van der Waals surface area contributed by atoms with Gasteiger partial charge in [0, 0.05) is 0 Å². The van der Waals surface area contributed by atoms with Crippen LogP contribution in [0.5, 0.6) is 0 Å². The van der Waals surface area contributed by atoms with Crippen LogP contribution < -0.4 is 0 Å². The first-order valence-corrected chi connectivity index (χ1v) is 7.95. The summed E-state index contributed by atoms with van der Waals surface area (Å²) >= 11 is 0. The predicted octanol–water partition coefficient (Wildman–Crippen LogP) is 0.148. The number of nitrogens with zero attached hydrogens (tertiary/aromatic N) is 4. The first-order valence-electron chi connectivity index (χ1n) is 4.98. The third kappa shape index (κ3) is 1.23. The van der Waals surface area contributed by atoms with Crippen molar-refractivity contribution in [3.63, 3.8) is 0 Å². The van der Waals surface area contributed by atoms with Crippen LogP contribution in [0.1, 0.15) is 0 Å². The van der Waals surface area contributed by atoms with Crippen LogP contribution >= 0.6 is 0 Å². The summed E-state index contributed by atoms with van der Waals surface area (Å²) in [6.07, 6.45) is 3.78. The van der Waals surface area contributed by atoms with E-state index in [4.69, 9.17) is 8.85 Å². The maximum atomic E-state index is 5.84. The quantitative estimate of drug-likeness (QED) is 0.440. The average molecular weight is 231 g/mol. The number of rotatable bonds is 0. The molecule has 6 nitrogen and oxygen atoms in total. The topological polar surface area (TPSA) is 43.2 Å². The molecule has 0 bridgehead atoms. The van der Waals surface area contributed by atoms with Crippen LogP contribution in [0.15, 0.2) is 10.2 Å². The number of hydrogen-bond acceptors (Lipinski definition) is 4. The second-order valence-electron chi connectivity index (χ2n) is 5.55. The molecule has 7 heteroatoms. The Kier molecular flexibility index (Phi) is 1.71. The van der Waals surface area contributed by atoms with E-state index in [9.17, 15) is 0 Å². The van der Waals surface area contributed by atoms with Crippen molar-refractivity contribution in [1.82, 2.24) is 0 Å². The molecule has 0 unspecified atom stereocenters. The van der Waals surface area contributed by atoms with E-state index in [1.807, 2.05) is 28.2 Å². The first kappa shape index (κ1) is 10.6. The molecule has 0 amide bonds. The predicted molar refractivity (Wildman–Crippen MR) is 59.9 cm³/mol. The van der Waals surface area contributed by atoms with Crippen LogP contribution in [-0.4, -0.2) is 64.0 Å². The zero-order chi connectivity index (χ0) is 11.4. The van der Waals surface area contributed by atoms with E-state index in [0.717, 1.165) is 6.17 Å². The van der Waals surface area contributed by atoms with Gasteiger partial charge in [0.1, 0.15) is 0 Å². The summed E-state index contributed by atoms with van der Waals surface area (Å²) in [6, 6.07) is 0. The maximum absolute atomic E-state index is 5.84. The Hall–Kier alpha value is -0.923. The molecule has 2 heterocycles. The molecule has 2 rings (SSSR count). The van der Waals surface area contributed by atoms with Gasteiger partial charge < -0.3 is 0 Å². The molecule has 0 saturated heterocycles. The van der Waals surface area contributed by atoms with Crippen LogP contribution in [0, 0.1) is 0 Å². The minimum absolute atomic E-state index is 0.424. The molecule has 0 aromatic heterocycles. The normalized spacial score (nSPS) is 35.1. The van der Waals surface area contributed by atoms with Gasteiger partial charge >= 0.3 is 89.6 Å². The van der Waals surface area contributed by atoms with Crippen molar-refractivity contribution in [2.75, 3.05) is 34.4 Å². The summed E-state index contributed by atoms with van der Waals surface area (Å²) in [5, 5.41) is 8.62. The van der Waals surface area contributed by atoms with E-state index >= 15 is 0 Å². The molecule has 0 atom stereocenters. The number of hydrogen-bond donors (Lipinski definition) is 0. The summed E-state index contributed by atoms with van der Waals surface area (Å²) in [6.45, 7) is 2.07. The fourth-order valence-electron chi connectivity index (χ4n) is 2.16. The molecular weight excluding hydrogens is 212 g/mol. The van der Waals surface area contributed by atoms with Gasteiger partial charge in [0.15, 0.2) is 0 Å². The van der Waals surface area contributed by atoms with Gasteiger partial charge in [-0.15, -0.1) is 0 Å². The van der Waals surface area contributed by atoms with Crippen LogP contribution in [0.25, 0.3) is 0 Å². The summed E-state index contributed by atoms with van der Waals surface area (Å²) in [5.41, 5.74) is 0. The molecule has 0 fully saturated rings. The Morgan fingerprint density at radius 2 is 1.60 bits per heavy atom. The Bertz CT molecular complexity index is 368. The van der Waals surface area contributed by atoms with E-state index in [1.54, 1.807) is 0 Å². The Morgan fingerprint density at radius 1 is 1.07 bits per heavy atom. The zero-order valence-electron chi connectivity index (χ0n) is 9.97. The van der Waals surface area contributed by atoms with Crippen LogP contribution in [0.3, 0.4) is 0 Å². The van der Waals surface area contributed by atoms with Crippen LogP contribution in [-0.2, 0) is 8.85 Å². The summed E-state index contributed by atoms with van der Waals surface area (Å²) in [4.78, 5) is 0. The molecule has 0 saturated carbocycles. The van der Waals surface area contributed by atoms with Crippen molar-refractivity contribution >= 4 is 20.8 Å². The van der Waals surface area contributed by atoms with Gasteiger partial charge in [0.25, 0.3) is 0 Å². The van der Waals surface area contributed by atoms with Gasteiger partial charge in [-0.2, -0.15) is 0 Å². The van der Waals surface area contributed by atoms with Crippen molar-refractivity contribution < 1.29 is 17.7 Å². The third-order valence-electron chi connectivity index (χ3n) is 3.53. The molecule has 0 radical (unpaired) electrons. The summed E-state index contributed by atoms with van der Waals surface area (Å²) in [5.74, 6) is 0. The van der Waals surface area contributed by atoms with Crippen LogP contribution in [0.4, 0.5) is 0 Å².